The fraction of sp³-hybridized carbons (Fsp3) is 0.591. The van der Waals surface area contributed by atoms with Crippen LogP contribution >= 0.6 is 0 Å². The van der Waals surface area contributed by atoms with Crippen molar-refractivity contribution in [2.45, 2.75) is 84.0 Å². The molecule has 0 fully saturated rings. The van der Waals surface area contributed by atoms with Gasteiger partial charge in [0.05, 0.1) is 0 Å². The molecule has 0 aliphatic rings. The molecule has 1 aromatic rings. The smallest absolute Gasteiger partial charge is 0.249 e. The lowest BCUT2D eigenvalue weighted by atomic mass is 9.92. The van der Waals surface area contributed by atoms with E-state index in [2.05, 4.69) is 6.92 Å². The van der Waals surface area contributed by atoms with Gasteiger partial charge in [0.15, 0.2) is 0 Å². The zero-order valence-corrected chi connectivity index (χ0v) is 17.1. The van der Waals surface area contributed by atoms with Gasteiger partial charge in [-0.3, -0.25) is 14.4 Å². The molecule has 6 nitrogen and oxygen atoms in total. The minimum absolute atomic E-state index is 0.0605. The Morgan fingerprint density at radius 1 is 0.643 bits per heavy atom. The van der Waals surface area contributed by atoms with Crippen LogP contribution in [0.4, 0.5) is 0 Å². The van der Waals surface area contributed by atoms with E-state index in [-0.39, 0.29) is 16.7 Å². The van der Waals surface area contributed by atoms with E-state index in [1.165, 1.54) is 63.5 Å². The number of hydrogen-bond acceptors (Lipinski definition) is 3. The highest BCUT2D eigenvalue weighted by atomic mass is 16.2. The summed E-state index contributed by atoms with van der Waals surface area (Å²) in [6, 6.07) is 2.70. The maximum Gasteiger partial charge on any atom is 0.249 e. The van der Waals surface area contributed by atoms with E-state index >= 15 is 0 Å². The Morgan fingerprint density at radius 2 is 1.04 bits per heavy atom. The lowest BCUT2D eigenvalue weighted by molar-refractivity contribution is 0.0998. The predicted octanol–water partition coefficient (Wildman–Crippen LogP) is 3.84. The number of rotatable bonds is 15. The van der Waals surface area contributed by atoms with Gasteiger partial charge in [0, 0.05) is 16.7 Å². The molecule has 0 aliphatic heterocycles. The van der Waals surface area contributed by atoms with Crippen molar-refractivity contribution in [3.8, 4) is 0 Å². The molecule has 0 saturated carbocycles. The van der Waals surface area contributed by atoms with Gasteiger partial charge in [-0.1, -0.05) is 71.1 Å². The highest BCUT2D eigenvalue weighted by Gasteiger charge is 2.19. The average Bonchev–Trinajstić information content (AvgIpc) is 2.65. The van der Waals surface area contributed by atoms with Crippen LogP contribution in [-0.2, 0) is 6.42 Å². The molecule has 3 amide bonds. The van der Waals surface area contributed by atoms with Crippen LogP contribution in [0.25, 0.3) is 0 Å². The van der Waals surface area contributed by atoms with Crippen molar-refractivity contribution >= 4 is 17.7 Å². The Labute approximate surface area is 168 Å². The van der Waals surface area contributed by atoms with Gasteiger partial charge in [0.25, 0.3) is 0 Å². The van der Waals surface area contributed by atoms with Gasteiger partial charge in [-0.2, -0.15) is 0 Å². The van der Waals surface area contributed by atoms with E-state index in [1.54, 1.807) is 0 Å². The quantitative estimate of drug-likeness (QED) is 0.394. The molecule has 0 unspecified atom stereocenters. The molecule has 0 aliphatic carbocycles. The maximum atomic E-state index is 11.8. The Hall–Kier alpha value is -2.37. The number of primary amides is 3. The standard InChI is InChI=1S/C22H35N3O3/c1-2-3-4-5-6-7-8-9-10-11-12-13-17-18(21(24)27)14-16(20(23)26)15-19(17)22(25)28/h14-15H,2-13H2,1H3,(H2,23,26)(H2,24,27)(H2,25,28). The molecular weight excluding hydrogens is 354 g/mol. The van der Waals surface area contributed by atoms with E-state index in [4.69, 9.17) is 17.2 Å². The molecule has 0 aromatic heterocycles. The normalized spacial score (nSPS) is 10.8. The third kappa shape index (κ3) is 8.11. The number of carbonyl (C=O) groups excluding carboxylic acids is 3. The van der Waals surface area contributed by atoms with Gasteiger partial charge < -0.3 is 17.2 Å². The second kappa shape index (κ2) is 12.9. The van der Waals surface area contributed by atoms with Crippen LogP contribution in [0.5, 0.6) is 0 Å². The van der Waals surface area contributed by atoms with E-state index < -0.39 is 17.7 Å². The highest BCUT2D eigenvalue weighted by molar-refractivity contribution is 6.05. The highest BCUT2D eigenvalue weighted by Crippen LogP contribution is 2.21. The number of hydrogen-bond donors (Lipinski definition) is 3. The van der Waals surface area contributed by atoms with Gasteiger partial charge in [0.1, 0.15) is 0 Å². The van der Waals surface area contributed by atoms with Crippen molar-refractivity contribution in [1.29, 1.82) is 0 Å². The van der Waals surface area contributed by atoms with Crippen LogP contribution in [0.3, 0.4) is 0 Å². The van der Waals surface area contributed by atoms with Crippen molar-refractivity contribution in [2.75, 3.05) is 0 Å². The number of unbranched alkanes of at least 4 members (excludes halogenated alkanes) is 10. The Bertz CT molecular complexity index is 636. The lowest BCUT2D eigenvalue weighted by Gasteiger charge is -2.13. The molecule has 0 spiro atoms. The number of amides is 3. The summed E-state index contributed by atoms with van der Waals surface area (Å²) in [4.78, 5) is 35.0. The first-order valence-corrected chi connectivity index (χ1v) is 10.4. The molecule has 6 heteroatoms. The fourth-order valence-corrected chi connectivity index (χ4v) is 3.49. The molecular formula is C22H35N3O3. The molecule has 1 rings (SSSR count). The summed E-state index contributed by atoms with van der Waals surface area (Å²) in [6.07, 6.45) is 13.8. The van der Waals surface area contributed by atoms with Crippen LogP contribution < -0.4 is 17.2 Å². The Kier molecular flexibility index (Phi) is 10.9. The van der Waals surface area contributed by atoms with Crippen molar-refractivity contribution in [3.63, 3.8) is 0 Å². The predicted molar refractivity (Wildman–Crippen MR) is 112 cm³/mol. The third-order valence-corrected chi connectivity index (χ3v) is 5.10. The first-order valence-electron chi connectivity index (χ1n) is 10.4. The maximum absolute atomic E-state index is 11.8. The Balaban J connectivity index is 2.52. The number of nitrogens with two attached hydrogens (primary N) is 3. The van der Waals surface area contributed by atoms with Gasteiger partial charge in [0.2, 0.25) is 17.7 Å². The van der Waals surface area contributed by atoms with Crippen LogP contribution in [0.2, 0.25) is 0 Å². The van der Waals surface area contributed by atoms with Crippen molar-refractivity contribution < 1.29 is 14.4 Å². The molecule has 0 heterocycles. The van der Waals surface area contributed by atoms with Gasteiger partial charge >= 0.3 is 0 Å². The molecule has 156 valence electrons. The second-order valence-electron chi connectivity index (χ2n) is 7.43. The minimum atomic E-state index is -0.730. The van der Waals surface area contributed by atoms with Crippen molar-refractivity contribution in [2.24, 2.45) is 17.2 Å². The topological polar surface area (TPSA) is 129 Å². The summed E-state index contributed by atoms with van der Waals surface area (Å²) in [5.74, 6) is -2.11. The summed E-state index contributed by atoms with van der Waals surface area (Å²) in [5, 5.41) is 0. The van der Waals surface area contributed by atoms with E-state index in [1.807, 2.05) is 0 Å². The molecule has 0 radical (unpaired) electrons. The third-order valence-electron chi connectivity index (χ3n) is 5.10. The van der Waals surface area contributed by atoms with Gasteiger partial charge in [-0.05, 0) is 30.5 Å². The first-order chi connectivity index (χ1) is 13.4. The molecule has 6 N–H and O–H groups in total. The van der Waals surface area contributed by atoms with Crippen LogP contribution in [0.15, 0.2) is 12.1 Å². The second-order valence-corrected chi connectivity index (χ2v) is 7.43. The molecule has 0 saturated heterocycles. The monoisotopic (exact) mass is 389 g/mol. The van der Waals surface area contributed by atoms with Crippen LogP contribution in [0, 0.1) is 0 Å². The van der Waals surface area contributed by atoms with Crippen LogP contribution in [-0.4, -0.2) is 17.7 Å². The van der Waals surface area contributed by atoms with Crippen LogP contribution in [0.1, 0.15) is 114 Å². The van der Waals surface area contributed by atoms with E-state index in [0.717, 1.165) is 19.3 Å². The van der Waals surface area contributed by atoms with Crippen molar-refractivity contribution in [3.05, 3.63) is 34.4 Å². The minimum Gasteiger partial charge on any atom is -0.366 e. The van der Waals surface area contributed by atoms with Gasteiger partial charge in [-0.15, -0.1) is 0 Å². The number of carbonyl (C=O) groups is 3. The van der Waals surface area contributed by atoms with E-state index in [9.17, 15) is 14.4 Å². The zero-order chi connectivity index (χ0) is 20.9. The Morgan fingerprint density at radius 3 is 1.39 bits per heavy atom. The summed E-state index contributed by atoms with van der Waals surface area (Å²) < 4.78 is 0. The molecule has 1 aromatic carbocycles. The molecule has 0 bridgehead atoms. The molecule has 0 atom stereocenters. The zero-order valence-electron chi connectivity index (χ0n) is 17.1. The summed E-state index contributed by atoms with van der Waals surface area (Å²) in [6.45, 7) is 2.23. The molecule has 28 heavy (non-hydrogen) atoms. The van der Waals surface area contributed by atoms with Crippen molar-refractivity contribution in [1.82, 2.24) is 0 Å². The summed E-state index contributed by atoms with van der Waals surface area (Å²) >= 11 is 0. The largest absolute Gasteiger partial charge is 0.366 e. The summed E-state index contributed by atoms with van der Waals surface area (Å²) in [7, 11) is 0. The summed E-state index contributed by atoms with van der Waals surface area (Å²) in [5.41, 5.74) is 17.0. The number of benzene rings is 1. The van der Waals surface area contributed by atoms with Gasteiger partial charge in [-0.25, -0.2) is 0 Å². The first kappa shape index (κ1) is 23.7. The SMILES string of the molecule is CCCCCCCCCCCCCc1c(C(N)=O)cc(C(N)=O)cc1C(N)=O. The van der Waals surface area contributed by atoms with E-state index in [0.29, 0.717) is 12.0 Å². The fourth-order valence-electron chi connectivity index (χ4n) is 3.49. The average molecular weight is 390 g/mol. The lowest BCUT2D eigenvalue weighted by Crippen LogP contribution is -2.23.